The molecule has 0 unspecified atom stereocenters. The molecule has 1 aromatic carbocycles. The molecule has 2 rings (SSSR count). The zero-order chi connectivity index (χ0) is 14.4. The zero-order valence-electron chi connectivity index (χ0n) is 11.7. The average molecular weight is 336 g/mol. The normalized spacial score (nSPS) is 10.3. The van der Waals surface area contributed by atoms with Crippen molar-refractivity contribution in [3.63, 3.8) is 0 Å². The van der Waals surface area contributed by atoms with Gasteiger partial charge < -0.3 is 10.6 Å². The van der Waals surface area contributed by atoms with Crippen LogP contribution >= 0.6 is 15.9 Å². The van der Waals surface area contributed by atoms with Crippen LogP contribution in [0.3, 0.4) is 0 Å². The van der Waals surface area contributed by atoms with E-state index in [1.807, 2.05) is 12.1 Å². The van der Waals surface area contributed by atoms with Gasteiger partial charge in [-0.25, -0.2) is 0 Å². The first kappa shape index (κ1) is 14.7. The molecule has 0 aliphatic heterocycles. The van der Waals surface area contributed by atoms with Crippen molar-refractivity contribution < 1.29 is 0 Å². The Morgan fingerprint density at radius 2 is 2.15 bits per heavy atom. The molecule has 0 saturated carbocycles. The fraction of sp³-hybridized carbons (Fsp3) is 0.357. The van der Waals surface area contributed by atoms with Crippen LogP contribution < -0.4 is 10.6 Å². The van der Waals surface area contributed by atoms with Crippen molar-refractivity contribution in [3.8, 4) is 0 Å². The van der Waals surface area contributed by atoms with Gasteiger partial charge in [0.1, 0.15) is 0 Å². The molecule has 0 spiro atoms. The third-order valence-corrected chi connectivity index (χ3v) is 3.42. The average Bonchev–Trinajstić information content (AvgIpc) is 2.43. The SMILES string of the molecule is CCCCNc1nncc(Nc2ccc(C)cc2Br)n1. The lowest BCUT2D eigenvalue weighted by Crippen LogP contribution is -2.07. The van der Waals surface area contributed by atoms with E-state index in [2.05, 4.69) is 61.7 Å². The number of nitrogens with one attached hydrogen (secondary N) is 2. The zero-order valence-corrected chi connectivity index (χ0v) is 13.2. The lowest BCUT2D eigenvalue weighted by Gasteiger charge is -2.09. The number of aromatic nitrogens is 3. The second-order valence-electron chi connectivity index (χ2n) is 4.55. The Morgan fingerprint density at radius 1 is 1.30 bits per heavy atom. The molecule has 5 nitrogen and oxygen atoms in total. The van der Waals surface area contributed by atoms with Crippen LogP contribution in [0, 0.1) is 6.92 Å². The Bertz CT molecular complexity index is 573. The molecule has 6 heteroatoms. The minimum Gasteiger partial charge on any atom is -0.353 e. The first-order chi connectivity index (χ1) is 9.69. The third kappa shape index (κ3) is 4.16. The Kier molecular flexibility index (Phi) is 5.29. The molecule has 1 aromatic heterocycles. The molecule has 20 heavy (non-hydrogen) atoms. The van der Waals surface area contributed by atoms with Gasteiger partial charge in [-0.05, 0) is 47.0 Å². The number of unbranched alkanes of at least 4 members (excludes halogenated alkanes) is 1. The monoisotopic (exact) mass is 335 g/mol. The van der Waals surface area contributed by atoms with Crippen LogP contribution in [-0.4, -0.2) is 21.7 Å². The summed E-state index contributed by atoms with van der Waals surface area (Å²) < 4.78 is 0.997. The van der Waals surface area contributed by atoms with Crippen LogP contribution in [0.4, 0.5) is 17.5 Å². The smallest absolute Gasteiger partial charge is 0.244 e. The van der Waals surface area contributed by atoms with Crippen LogP contribution in [0.5, 0.6) is 0 Å². The van der Waals surface area contributed by atoms with E-state index < -0.39 is 0 Å². The predicted octanol–water partition coefficient (Wildman–Crippen LogP) is 3.90. The van der Waals surface area contributed by atoms with E-state index in [-0.39, 0.29) is 0 Å². The lowest BCUT2D eigenvalue weighted by molar-refractivity contribution is 0.819. The van der Waals surface area contributed by atoms with E-state index in [4.69, 9.17) is 0 Å². The number of hydrogen-bond acceptors (Lipinski definition) is 5. The molecule has 0 saturated heterocycles. The third-order valence-electron chi connectivity index (χ3n) is 2.76. The highest BCUT2D eigenvalue weighted by molar-refractivity contribution is 9.10. The van der Waals surface area contributed by atoms with Gasteiger partial charge in [0.15, 0.2) is 5.82 Å². The van der Waals surface area contributed by atoms with Gasteiger partial charge in [0.05, 0.1) is 11.9 Å². The van der Waals surface area contributed by atoms with E-state index in [1.54, 1.807) is 6.20 Å². The first-order valence-electron chi connectivity index (χ1n) is 6.66. The van der Waals surface area contributed by atoms with Crippen molar-refractivity contribution in [2.75, 3.05) is 17.2 Å². The summed E-state index contributed by atoms with van der Waals surface area (Å²) in [5, 5.41) is 14.3. The molecule has 0 aliphatic carbocycles. The van der Waals surface area contributed by atoms with Crippen LogP contribution in [-0.2, 0) is 0 Å². The maximum absolute atomic E-state index is 4.39. The lowest BCUT2D eigenvalue weighted by atomic mass is 10.2. The molecule has 2 aromatic rings. The molecular formula is C14H18BrN5. The topological polar surface area (TPSA) is 62.7 Å². The Morgan fingerprint density at radius 3 is 2.90 bits per heavy atom. The summed E-state index contributed by atoms with van der Waals surface area (Å²) in [7, 11) is 0. The maximum Gasteiger partial charge on any atom is 0.244 e. The molecular weight excluding hydrogens is 318 g/mol. The van der Waals surface area contributed by atoms with E-state index in [0.717, 1.165) is 29.5 Å². The summed E-state index contributed by atoms with van der Waals surface area (Å²) in [6.07, 6.45) is 3.83. The van der Waals surface area contributed by atoms with E-state index in [9.17, 15) is 0 Å². The largest absolute Gasteiger partial charge is 0.353 e. The van der Waals surface area contributed by atoms with Gasteiger partial charge in [-0.2, -0.15) is 10.1 Å². The molecule has 1 heterocycles. The highest BCUT2D eigenvalue weighted by atomic mass is 79.9. The van der Waals surface area contributed by atoms with Gasteiger partial charge >= 0.3 is 0 Å². The van der Waals surface area contributed by atoms with Gasteiger partial charge in [0, 0.05) is 11.0 Å². The van der Waals surface area contributed by atoms with Crippen molar-refractivity contribution in [2.45, 2.75) is 26.7 Å². The van der Waals surface area contributed by atoms with Crippen LogP contribution in [0.2, 0.25) is 0 Å². The molecule has 0 bridgehead atoms. The van der Waals surface area contributed by atoms with Crippen molar-refractivity contribution in [1.82, 2.24) is 15.2 Å². The minimum absolute atomic E-state index is 0.548. The van der Waals surface area contributed by atoms with Crippen molar-refractivity contribution in [2.24, 2.45) is 0 Å². The number of anilines is 3. The molecule has 0 amide bonds. The number of nitrogens with zero attached hydrogens (tertiary/aromatic N) is 3. The molecule has 2 N–H and O–H groups in total. The highest BCUT2D eigenvalue weighted by Gasteiger charge is 2.04. The highest BCUT2D eigenvalue weighted by Crippen LogP contribution is 2.25. The summed E-state index contributed by atoms with van der Waals surface area (Å²) in [5.74, 6) is 1.22. The number of hydrogen-bond donors (Lipinski definition) is 2. The van der Waals surface area contributed by atoms with Crippen LogP contribution in [0.25, 0.3) is 0 Å². The fourth-order valence-electron chi connectivity index (χ4n) is 1.68. The number of halogens is 1. The summed E-state index contributed by atoms with van der Waals surface area (Å²) in [4.78, 5) is 4.39. The molecule has 0 fully saturated rings. The van der Waals surface area contributed by atoms with Gasteiger partial charge in [0.2, 0.25) is 5.95 Å². The standard InChI is InChI=1S/C14H18BrN5/c1-3-4-7-16-14-19-13(9-17-20-14)18-12-6-5-10(2)8-11(12)15/h5-6,8-9H,3-4,7H2,1-2H3,(H2,16,18,19,20). The van der Waals surface area contributed by atoms with E-state index >= 15 is 0 Å². The van der Waals surface area contributed by atoms with Gasteiger partial charge in [-0.1, -0.05) is 19.4 Å². The summed E-state index contributed by atoms with van der Waals surface area (Å²) in [5.41, 5.74) is 2.15. The van der Waals surface area contributed by atoms with Gasteiger partial charge in [0.25, 0.3) is 0 Å². The predicted molar refractivity (Wildman–Crippen MR) is 85.4 cm³/mol. The van der Waals surface area contributed by atoms with Crippen molar-refractivity contribution >= 4 is 33.4 Å². The summed E-state index contributed by atoms with van der Waals surface area (Å²) in [6, 6.07) is 6.10. The second kappa shape index (κ2) is 7.19. The Labute approximate surface area is 127 Å². The quantitative estimate of drug-likeness (QED) is 0.784. The van der Waals surface area contributed by atoms with Crippen molar-refractivity contribution in [1.29, 1.82) is 0 Å². The number of rotatable bonds is 6. The summed E-state index contributed by atoms with van der Waals surface area (Å²) in [6.45, 7) is 5.06. The first-order valence-corrected chi connectivity index (χ1v) is 7.45. The molecule has 0 aliphatic rings. The second-order valence-corrected chi connectivity index (χ2v) is 5.41. The molecule has 0 radical (unpaired) electrons. The summed E-state index contributed by atoms with van der Waals surface area (Å²) >= 11 is 3.53. The number of benzene rings is 1. The van der Waals surface area contributed by atoms with Crippen molar-refractivity contribution in [3.05, 3.63) is 34.4 Å². The Balaban J connectivity index is 2.07. The number of aryl methyl sites for hydroxylation is 1. The van der Waals surface area contributed by atoms with Crippen LogP contribution in [0.1, 0.15) is 25.3 Å². The Hall–Kier alpha value is -1.69. The minimum atomic E-state index is 0.548. The molecule has 0 atom stereocenters. The van der Waals surface area contributed by atoms with Gasteiger partial charge in [-0.15, -0.1) is 5.10 Å². The van der Waals surface area contributed by atoms with E-state index in [1.165, 1.54) is 5.56 Å². The van der Waals surface area contributed by atoms with Crippen LogP contribution in [0.15, 0.2) is 28.9 Å². The van der Waals surface area contributed by atoms with Gasteiger partial charge in [-0.3, -0.25) is 0 Å². The molecule has 106 valence electrons. The maximum atomic E-state index is 4.39. The fourth-order valence-corrected chi connectivity index (χ4v) is 2.27. The van der Waals surface area contributed by atoms with E-state index in [0.29, 0.717) is 11.8 Å².